The van der Waals surface area contributed by atoms with Gasteiger partial charge < -0.3 is 30.1 Å². The first kappa shape index (κ1) is 32.5. The largest absolute Gasteiger partial charge is 0.493 e. The summed E-state index contributed by atoms with van der Waals surface area (Å²) in [6, 6.07) is 4.96. The van der Waals surface area contributed by atoms with Crippen LogP contribution in [0.25, 0.3) is 11.4 Å². The van der Waals surface area contributed by atoms with Crippen LogP contribution in [0.1, 0.15) is 78.2 Å². The van der Waals surface area contributed by atoms with Gasteiger partial charge in [0.1, 0.15) is 29.0 Å². The number of hydrogen-bond donors (Lipinski definition) is 3. The van der Waals surface area contributed by atoms with Crippen LogP contribution < -0.4 is 15.4 Å². The number of carboxylic acids is 1. The molecule has 3 heterocycles. The molecule has 14 heteroatoms. The van der Waals surface area contributed by atoms with Gasteiger partial charge in [-0.15, -0.1) is 10.2 Å². The molecule has 252 valence electrons. The van der Waals surface area contributed by atoms with Crippen LogP contribution in [0.4, 0.5) is 4.79 Å². The van der Waals surface area contributed by atoms with Crippen LogP contribution in [-0.4, -0.2) is 90.5 Å². The van der Waals surface area contributed by atoms with Crippen molar-refractivity contribution in [1.82, 2.24) is 35.7 Å². The lowest BCUT2D eigenvalue weighted by Gasteiger charge is -2.30. The third-order valence-electron chi connectivity index (χ3n) is 9.11. The van der Waals surface area contributed by atoms with Gasteiger partial charge in [0.25, 0.3) is 0 Å². The van der Waals surface area contributed by atoms with E-state index < -0.39 is 53.1 Å². The zero-order chi connectivity index (χ0) is 33.3. The Morgan fingerprint density at radius 3 is 2.72 bits per heavy atom. The summed E-state index contributed by atoms with van der Waals surface area (Å²) in [6.07, 6.45) is 8.19. The zero-order valence-electron chi connectivity index (χ0n) is 27.1. The Labute approximate surface area is 273 Å². The van der Waals surface area contributed by atoms with Crippen molar-refractivity contribution in [3.05, 3.63) is 36.4 Å². The van der Waals surface area contributed by atoms with Crippen LogP contribution in [0.2, 0.25) is 0 Å². The number of benzene rings is 1. The van der Waals surface area contributed by atoms with Crippen LogP contribution in [0.3, 0.4) is 0 Å². The van der Waals surface area contributed by atoms with E-state index in [1.165, 1.54) is 22.5 Å². The number of fused-ring (bicyclic) bond motifs is 2. The van der Waals surface area contributed by atoms with Gasteiger partial charge in [-0.1, -0.05) is 30.7 Å². The first-order valence-corrected chi connectivity index (χ1v) is 16.5. The summed E-state index contributed by atoms with van der Waals surface area (Å²) >= 11 is 0. The number of carbonyl (C=O) groups excluding carboxylic acids is 3. The number of aliphatic carboxylic acids is 1. The molecular formula is C33H43N7O7. The summed E-state index contributed by atoms with van der Waals surface area (Å²) in [5.41, 5.74) is -1.48. The lowest BCUT2D eigenvalue weighted by molar-refractivity contribution is -0.145. The molecule has 3 fully saturated rings. The van der Waals surface area contributed by atoms with Gasteiger partial charge in [0.2, 0.25) is 17.6 Å². The monoisotopic (exact) mass is 649 g/mol. The molecule has 0 spiro atoms. The maximum absolute atomic E-state index is 14.2. The number of ether oxygens (including phenoxy) is 2. The minimum atomic E-state index is -1.43. The van der Waals surface area contributed by atoms with E-state index >= 15 is 0 Å². The summed E-state index contributed by atoms with van der Waals surface area (Å²) in [6.45, 7) is 5.94. The second-order valence-corrected chi connectivity index (χ2v) is 14.1. The number of tetrazole rings is 1. The lowest BCUT2D eigenvalue weighted by Crippen LogP contribution is -2.56. The molecular weight excluding hydrogens is 606 g/mol. The van der Waals surface area contributed by atoms with Crippen molar-refractivity contribution in [3.8, 4) is 17.1 Å². The van der Waals surface area contributed by atoms with Crippen LogP contribution in [0.5, 0.6) is 5.75 Å². The van der Waals surface area contributed by atoms with Crippen LogP contribution in [-0.2, 0) is 19.1 Å². The summed E-state index contributed by atoms with van der Waals surface area (Å²) < 4.78 is 11.4. The maximum atomic E-state index is 14.2. The van der Waals surface area contributed by atoms with E-state index in [0.717, 1.165) is 6.42 Å². The van der Waals surface area contributed by atoms with Crippen molar-refractivity contribution in [2.24, 2.45) is 11.8 Å². The van der Waals surface area contributed by atoms with E-state index in [-0.39, 0.29) is 25.3 Å². The zero-order valence-corrected chi connectivity index (χ0v) is 27.1. The molecule has 3 N–H and O–H groups in total. The Bertz CT molecular complexity index is 1550. The molecule has 47 heavy (non-hydrogen) atoms. The van der Waals surface area contributed by atoms with Gasteiger partial charge in [-0.2, -0.15) is 4.80 Å². The third kappa shape index (κ3) is 7.57. The van der Waals surface area contributed by atoms with E-state index in [9.17, 15) is 24.3 Å². The average Bonchev–Trinajstić information content (AvgIpc) is 3.85. The lowest BCUT2D eigenvalue weighted by atomic mass is 10.0. The first-order valence-electron chi connectivity index (χ1n) is 16.5. The van der Waals surface area contributed by atoms with Gasteiger partial charge in [-0.25, -0.2) is 9.59 Å². The number of aromatic nitrogens is 4. The number of carbonyl (C=O) groups is 4. The second-order valence-electron chi connectivity index (χ2n) is 14.1. The highest BCUT2D eigenvalue weighted by Gasteiger charge is 2.61. The van der Waals surface area contributed by atoms with Crippen molar-refractivity contribution in [1.29, 1.82) is 0 Å². The highest BCUT2D eigenvalue weighted by Crippen LogP contribution is 2.45. The Kier molecular flexibility index (Phi) is 8.95. The highest BCUT2D eigenvalue weighted by atomic mass is 16.6. The molecule has 1 aromatic heterocycles. The van der Waals surface area contributed by atoms with E-state index in [2.05, 4.69) is 26.0 Å². The van der Waals surface area contributed by atoms with Crippen molar-refractivity contribution in [3.63, 3.8) is 0 Å². The van der Waals surface area contributed by atoms with E-state index in [4.69, 9.17) is 9.47 Å². The quantitative estimate of drug-likeness (QED) is 0.377. The van der Waals surface area contributed by atoms with Gasteiger partial charge in [0.05, 0.1) is 12.6 Å². The SMILES string of the molecule is CC(C)(C)OC(=O)N[C@H]1CCCC/C=C\[C@@H]2C[C@@]2(C(=O)O)NC(=O)[C@@H]2C[C@@H](n3nnc(-c4cccc(OCC5CC5)c4)n3)CN2C1=O. The van der Waals surface area contributed by atoms with Crippen molar-refractivity contribution < 1.29 is 33.8 Å². The number of alkyl carbamates (subject to hydrolysis) is 1. The minimum Gasteiger partial charge on any atom is -0.493 e. The van der Waals surface area contributed by atoms with Gasteiger partial charge in [-0.05, 0) is 82.6 Å². The minimum absolute atomic E-state index is 0.0627. The predicted molar refractivity (Wildman–Crippen MR) is 168 cm³/mol. The molecule has 4 aliphatic rings. The summed E-state index contributed by atoms with van der Waals surface area (Å²) in [4.78, 5) is 56.0. The van der Waals surface area contributed by atoms with Gasteiger partial charge >= 0.3 is 12.1 Å². The molecule has 1 aromatic carbocycles. The molecule has 1 saturated heterocycles. The van der Waals surface area contributed by atoms with E-state index in [1.54, 1.807) is 20.8 Å². The molecule has 14 nitrogen and oxygen atoms in total. The number of allylic oxidation sites excluding steroid dienone is 1. The number of nitrogens with one attached hydrogen (secondary N) is 2. The number of amides is 3. The van der Waals surface area contributed by atoms with E-state index in [0.29, 0.717) is 48.9 Å². The number of nitrogens with zero attached hydrogens (tertiary/aromatic N) is 5. The fourth-order valence-electron chi connectivity index (χ4n) is 6.24. The second kappa shape index (κ2) is 13.0. The van der Waals surface area contributed by atoms with E-state index in [1.807, 2.05) is 36.4 Å². The summed E-state index contributed by atoms with van der Waals surface area (Å²) in [7, 11) is 0. The van der Waals surface area contributed by atoms with Gasteiger partial charge in [0.15, 0.2) is 0 Å². The van der Waals surface area contributed by atoms with Crippen molar-refractivity contribution in [2.45, 2.75) is 101 Å². The normalized spacial score (nSPS) is 28.7. The Morgan fingerprint density at radius 1 is 1.17 bits per heavy atom. The number of rotatable bonds is 7. The fourth-order valence-corrected chi connectivity index (χ4v) is 6.24. The number of hydrogen-bond acceptors (Lipinski definition) is 9. The van der Waals surface area contributed by atoms with Crippen LogP contribution in [0.15, 0.2) is 36.4 Å². The van der Waals surface area contributed by atoms with Crippen molar-refractivity contribution >= 4 is 23.9 Å². The average molecular weight is 650 g/mol. The molecule has 5 atom stereocenters. The summed E-state index contributed by atoms with van der Waals surface area (Å²) in [5.74, 6) is -0.790. The third-order valence-corrected chi connectivity index (χ3v) is 9.11. The highest BCUT2D eigenvalue weighted by molar-refractivity contribution is 5.96. The van der Waals surface area contributed by atoms with Gasteiger partial charge in [-0.3, -0.25) is 9.59 Å². The molecule has 2 aromatic rings. The first-order chi connectivity index (χ1) is 22.4. The van der Waals surface area contributed by atoms with Crippen molar-refractivity contribution in [2.75, 3.05) is 13.2 Å². The van der Waals surface area contributed by atoms with Crippen LogP contribution >= 0.6 is 0 Å². The smallest absolute Gasteiger partial charge is 0.408 e. The molecule has 2 saturated carbocycles. The Hall–Kier alpha value is -4.49. The van der Waals surface area contributed by atoms with Gasteiger partial charge in [0, 0.05) is 24.4 Å². The fraction of sp³-hybridized carbons (Fsp3) is 0.606. The predicted octanol–water partition coefficient (Wildman–Crippen LogP) is 3.25. The molecule has 0 bridgehead atoms. The Morgan fingerprint density at radius 2 is 1.98 bits per heavy atom. The Balaban J connectivity index is 1.25. The molecule has 2 aliphatic carbocycles. The molecule has 2 aliphatic heterocycles. The molecule has 0 radical (unpaired) electrons. The topological polar surface area (TPSA) is 178 Å². The molecule has 6 rings (SSSR count). The number of carboxylic acid groups (broad SMARTS) is 1. The molecule has 3 amide bonds. The molecule has 0 unspecified atom stereocenters. The maximum Gasteiger partial charge on any atom is 0.408 e. The summed E-state index contributed by atoms with van der Waals surface area (Å²) in [5, 5.41) is 28.7. The van der Waals surface area contributed by atoms with Crippen LogP contribution in [0, 0.1) is 11.8 Å². The standard InChI is InChI=1S/C33H43N7O7/c1-32(2,3)47-31(45)34-25-12-7-5-4-6-10-22-17-33(22,30(43)44)35-28(41)26-16-23(18-39(26)29(25)42)40-37-27(36-38-40)21-9-8-11-24(15-21)46-19-20-13-14-20/h6,8-11,15,20,22-23,25-26H,4-5,7,12-14,16-19H2,1-3H3,(H,34,45)(H,35,41)(H,43,44)/b10-6-/t22-,23-,25+,26+,33-/m1/s1.